The average molecular weight is 454 g/mol. The molecule has 0 amide bonds. The van der Waals surface area contributed by atoms with Crippen molar-refractivity contribution in [3.63, 3.8) is 0 Å². The standard InChI is InChI=1S/C32H23NO2/c34-31(24-10-4-1-5-11-24)26-16-20-29(21-17-26)33(28-14-8-3-9-15-28)30-22-18-27(19-23-30)32(35)25-12-6-2-7-13-25/h1-23H. The summed E-state index contributed by atoms with van der Waals surface area (Å²) in [5.41, 5.74) is 5.42. The predicted octanol–water partition coefficient (Wildman–Crippen LogP) is 7.62. The number of para-hydroxylation sites is 1. The smallest absolute Gasteiger partial charge is 0.193 e. The van der Waals surface area contributed by atoms with Crippen LogP contribution in [0.1, 0.15) is 31.8 Å². The molecule has 3 nitrogen and oxygen atoms in total. The van der Waals surface area contributed by atoms with Gasteiger partial charge in [-0.3, -0.25) is 9.59 Å². The van der Waals surface area contributed by atoms with Gasteiger partial charge in [0.15, 0.2) is 11.6 Å². The lowest BCUT2D eigenvalue weighted by Gasteiger charge is -2.25. The summed E-state index contributed by atoms with van der Waals surface area (Å²) in [4.78, 5) is 27.8. The van der Waals surface area contributed by atoms with Gasteiger partial charge in [-0.05, 0) is 60.7 Å². The Kier molecular flexibility index (Phi) is 6.31. The van der Waals surface area contributed by atoms with Gasteiger partial charge in [0, 0.05) is 39.3 Å². The van der Waals surface area contributed by atoms with E-state index in [0.29, 0.717) is 22.3 Å². The van der Waals surface area contributed by atoms with E-state index in [9.17, 15) is 9.59 Å². The molecule has 0 atom stereocenters. The van der Waals surface area contributed by atoms with E-state index in [1.807, 2.05) is 140 Å². The van der Waals surface area contributed by atoms with Crippen LogP contribution in [0.25, 0.3) is 0 Å². The highest BCUT2D eigenvalue weighted by atomic mass is 16.1. The van der Waals surface area contributed by atoms with Crippen LogP contribution in [0.15, 0.2) is 140 Å². The number of ketones is 2. The first kappa shape index (κ1) is 22.1. The molecule has 0 fully saturated rings. The SMILES string of the molecule is O=C(c1ccccc1)c1ccc(N(c2ccccc2)c2ccc(C(=O)c3ccccc3)cc2)cc1. The van der Waals surface area contributed by atoms with Crippen molar-refractivity contribution in [2.24, 2.45) is 0 Å². The van der Waals surface area contributed by atoms with Gasteiger partial charge in [0.1, 0.15) is 0 Å². The summed E-state index contributed by atoms with van der Waals surface area (Å²) in [6.07, 6.45) is 0. The van der Waals surface area contributed by atoms with Gasteiger partial charge >= 0.3 is 0 Å². The Balaban J connectivity index is 1.47. The van der Waals surface area contributed by atoms with E-state index < -0.39 is 0 Å². The normalized spacial score (nSPS) is 10.5. The van der Waals surface area contributed by atoms with Crippen LogP contribution < -0.4 is 4.90 Å². The van der Waals surface area contributed by atoms with Crippen molar-refractivity contribution >= 4 is 28.6 Å². The molecule has 0 saturated heterocycles. The van der Waals surface area contributed by atoms with E-state index in [0.717, 1.165) is 17.1 Å². The van der Waals surface area contributed by atoms with Crippen molar-refractivity contribution < 1.29 is 9.59 Å². The lowest BCUT2D eigenvalue weighted by atomic mass is 10.0. The average Bonchev–Trinajstić information content (AvgIpc) is 2.95. The molecular weight excluding hydrogens is 430 g/mol. The lowest BCUT2D eigenvalue weighted by molar-refractivity contribution is 0.103. The fourth-order valence-electron chi connectivity index (χ4n) is 4.06. The Morgan fingerprint density at radius 2 is 0.629 bits per heavy atom. The molecule has 0 aromatic heterocycles. The third kappa shape index (κ3) is 4.80. The van der Waals surface area contributed by atoms with Gasteiger partial charge in [-0.1, -0.05) is 78.9 Å². The minimum atomic E-state index is -0.00723. The maximum Gasteiger partial charge on any atom is 0.193 e. The minimum Gasteiger partial charge on any atom is -0.311 e. The monoisotopic (exact) mass is 453 g/mol. The molecular formula is C32H23NO2. The zero-order valence-corrected chi connectivity index (χ0v) is 19.0. The summed E-state index contributed by atoms with van der Waals surface area (Å²) in [6, 6.07) is 43.8. The molecule has 0 bridgehead atoms. The number of rotatable bonds is 7. The number of benzene rings is 5. The number of anilines is 3. The second kappa shape index (κ2) is 10.0. The first-order valence-corrected chi connectivity index (χ1v) is 11.5. The summed E-state index contributed by atoms with van der Waals surface area (Å²) in [7, 11) is 0. The fraction of sp³-hybridized carbons (Fsp3) is 0. The second-order valence-corrected chi connectivity index (χ2v) is 8.16. The Labute approximate surface area is 204 Å². The molecule has 0 aliphatic carbocycles. The summed E-state index contributed by atoms with van der Waals surface area (Å²) in [5.74, 6) is -0.0145. The van der Waals surface area contributed by atoms with Crippen molar-refractivity contribution in [3.05, 3.63) is 162 Å². The van der Waals surface area contributed by atoms with Crippen LogP contribution in [0.2, 0.25) is 0 Å². The molecule has 0 unspecified atom stereocenters. The van der Waals surface area contributed by atoms with Gasteiger partial charge in [0.05, 0.1) is 0 Å². The summed E-state index contributed by atoms with van der Waals surface area (Å²) < 4.78 is 0. The molecule has 0 N–H and O–H groups in total. The molecule has 0 aliphatic heterocycles. The number of carbonyl (C=O) groups excluding carboxylic acids is 2. The highest BCUT2D eigenvalue weighted by molar-refractivity contribution is 6.10. The lowest BCUT2D eigenvalue weighted by Crippen LogP contribution is -2.11. The van der Waals surface area contributed by atoms with Gasteiger partial charge in [-0.25, -0.2) is 0 Å². The van der Waals surface area contributed by atoms with E-state index in [1.165, 1.54) is 0 Å². The molecule has 0 aliphatic rings. The molecule has 35 heavy (non-hydrogen) atoms. The molecule has 168 valence electrons. The summed E-state index contributed by atoms with van der Waals surface area (Å²) in [5, 5.41) is 0. The maximum atomic E-state index is 12.8. The topological polar surface area (TPSA) is 37.4 Å². The summed E-state index contributed by atoms with van der Waals surface area (Å²) in [6.45, 7) is 0. The molecule has 3 heteroatoms. The molecule has 5 rings (SSSR count). The van der Waals surface area contributed by atoms with Gasteiger partial charge in [0.2, 0.25) is 0 Å². The van der Waals surface area contributed by atoms with E-state index in [-0.39, 0.29) is 11.6 Å². The van der Waals surface area contributed by atoms with Crippen molar-refractivity contribution in [1.82, 2.24) is 0 Å². The third-order valence-corrected chi connectivity index (χ3v) is 5.86. The van der Waals surface area contributed by atoms with Crippen LogP contribution in [0.5, 0.6) is 0 Å². The Morgan fingerprint density at radius 3 is 1.00 bits per heavy atom. The van der Waals surface area contributed by atoms with Gasteiger partial charge in [0.25, 0.3) is 0 Å². The van der Waals surface area contributed by atoms with Crippen LogP contribution in [0.3, 0.4) is 0 Å². The van der Waals surface area contributed by atoms with E-state index in [1.54, 1.807) is 0 Å². The maximum absolute atomic E-state index is 12.8. The van der Waals surface area contributed by atoms with E-state index >= 15 is 0 Å². The second-order valence-electron chi connectivity index (χ2n) is 8.16. The molecule has 0 spiro atoms. The molecule has 0 saturated carbocycles. The first-order chi connectivity index (χ1) is 17.2. The highest BCUT2D eigenvalue weighted by Gasteiger charge is 2.15. The van der Waals surface area contributed by atoms with Crippen LogP contribution >= 0.6 is 0 Å². The van der Waals surface area contributed by atoms with Crippen molar-refractivity contribution in [3.8, 4) is 0 Å². The zero-order valence-electron chi connectivity index (χ0n) is 19.0. The first-order valence-electron chi connectivity index (χ1n) is 11.5. The quantitative estimate of drug-likeness (QED) is 0.238. The minimum absolute atomic E-state index is 0.00723. The van der Waals surface area contributed by atoms with Crippen LogP contribution in [-0.4, -0.2) is 11.6 Å². The third-order valence-electron chi connectivity index (χ3n) is 5.86. The van der Waals surface area contributed by atoms with Crippen molar-refractivity contribution in [1.29, 1.82) is 0 Å². The van der Waals surface area contributed by atoms with Crippen molar-refractivity contribution in [2.45, 2.75) is 0 Å². The fourth-order valence-corrected chi connectivity index (χ4v) is 4.06. The van der Waals surface area contributed by atoms with Crippen LogP contribution in [0.4, 0.5) is 17.1 Å². The number of hydrogen-bond donors (Lipinski definition) is 0. The Hall–Kier alpha value is -4.76. The van der Waals surface area contributed by atoms with Crippen LogP contribution in [0, 0.1) is 0 Å². The highest BCUT2D eigenvalue weighted by Crippen LogP contribution is 2.34. The van der Waals surface area contributed by atoms with Gasteiger partial charge < -0.3 is 4.90 Å². The predicted molar refractivity (Wildman–Crippen MR) is 141 cm³/mol. The molecule has 5 aromatic carbocycles. The summed E-state index contributed by atoms with van der Waals surface area (Å²) >= 11 is 0. The largest absolute Gasteiger partial charge is 0.311 e. The van der Waals surface area contributed by atoms with E-state index in [2.05, 4.69) is 4.90 Å². The van der Waals surface area contributed by atoms with E-state index in [4.69, 9.17) is 0 Å². The molecule has 0 radical (unpaired) electrons. The number of nitrogens with zero attached hydrogens (tertiary/aromatic N) is 1. The molecule has 5 aromatic rings. The van der Waals surface area contributed by atoms with Crippen molar-refractivity contribution in [2.75, 3.05) is 4.90 Å². The Morgan fingerprint density at radius 1 is 0.343 bits per heavy atom. The van der Waals surface area contributed by atoms with Gasteiger partial charge in [-0.15, -0.1) is 0 Å². The van der Waals surface area contributed by atoms with Gasteiger partial charge in [-0.2, -0.15) is 0 Å². The zero-order chi connectivity index (χ0) is 24.0. The van der Waals surface area contributed by atoms with Crippen LogP contribution in [-0.2, 0) is 0 Å². The Bertz CT molecular complexity index is 1330. The number of carbonyl (C=O) groups is 2. The molecule has 0 heterocycles. The number of hydrogen-bond acceptors (Lipinski definition) is 3.